The summed E-state index contributed by atoms with van der Waals surface area (Å²) in [7, 11) is 1.33. The minimum atomic E-state index is -0.526. The molecule has 0 aromatic heterocycles. The monoisotopic (exact) mass is 678 g/mol. The van der Waals surface area contributed by atoms with Crippen LogP contribution in [0.2, 0.25) is 0 Å². The van der Waals surface area contributed by atoms with Gasteiger partial charge >= 0.3 is 12.1 Å². The molecule has 2 atom stereocenters. The number of alkyl halides is 1. The van der Waals surface area contributed by atoms with Crippen molar-refractivity contribution in [3.8, 4) is 5.75 Å². The van der Waals surface area contributed by atoms with Crippen LogP contribution in [0.1, 0.15) is 83.6 Å². The molecule has 0 bridgehead atoms. The van der Waals surface area contributed by atoms with Crippen LogP contribution in [0.25, 0.3) is 0 Å². The van der Waals surface area contributed by atoms with E-state index < -0.39 is 24.2 Å². The van der Waals surface area contributed by atoms with Crippen LogP contribution in [0.3, 0.4) is 0 Å². The van der Waals surface area contributed by atoms with Gasteiger partial charge in [0.2, 0.25) is 5.91 Å². The molecule has 1 aromatic carbocycles. The Hall–Kier alpha value is -3.25. The number of benzene rings is 1. The van der Waals surface area contributed by atoms with E-state index in [2.05, 4.69) is 0 Å². The number of carbonyl (C=O) groups excluding carboxylic acids is 4. The molecule has 2 amide bonds. The highest BCUT2D eigenvalue weighted by Gasteiger charge is 2.32. The highest BCUT2D eigenvalue weighted by atomic mass is 19.1. The van der Waals surface area contributed by atoms with Crippen molar-refractivity contribution in [2.45, 2.75) is 83.7 Å². The molecule has 0 unspecified atom stereocenters. The van der Waals surface area contributed by atoms with Crippen LogP contribution >= 0.6 is 0 Å². The van der Waals surface area contributed by atoms with Gasteiger partial charge < -0.3 is 33.5 Å². The van der Waals surface area contributed by atoms with E-state index in [1.165, 1.54) is 7.11 Å². The normalized spacial score (nSPS) is 17.9. The molecular weight excluding hydrogens is 623 g/mol. The van der Waals surface area contributed by atoms with Gasteiger partial charge in [0.1, 0.15) is 30.4 Å². The lowest BCUT2D eigenvalue weighted by atomic mass is 9.84. The maximum absolute atomic E-state index is 13.6. The molecule has 3 rings (SSSR count). The van der Waals surface area contributed by atoms with E-state index in [9.17, 15) is 23.6 Å². The molecule has 0 radical (unpaired) electrons. The number of likely N-dealkylation sites (tertiary alicyclic amines) is 2. The summed E-state index contributed by atoms with van der Waals surface area (Å²) in [6, 6.07) is 7.34. The van der Waals surface area contributed by atoms with Gasteiger partial charge in [-0.25, -0.2) is 9.18 Å². The SMILES string of the molecule is COC(=O)C[C@H](CC(=O)[C@@H]1CCCN(C(=O)CCC2CCN(C(=O)OC(C)(C)C)CC2)C1)c1cccc(OCCOCCOCCF)c1. The molecule has 0 spiro atoms. The molecular formula is C36H55FN2O9. The Morgan fingerprint density at radius 3 is 2.31 bits per heavy atom. The first-order valence-corrected chi connectivity index (χ1v) is 17.3. The van der Waals surface area contributed by atoms with Gasteiger partial charge in [-0.1, -0.05) is 12.1 Å². The van der Waals surface area contributed by atoms with Crippen LogP contribution in [0, 0.1) is 11.8 Å². The first kappa shape index (κ1) is 39.2. The average Bonchev–Trinajstić information content (AvgIpc) is 3.07. The summed E-state index contributed by atoms with van der Waals surface area (Å²) < 4.78 is 38.8. The molecule has 1 aromatic rings. The van der Waals surface area contributed by atoms with E-state index in [0.29, 0.717) is 77.1 Å². The first-order valence-electron chi connectivity index (χ1n) is 17.3. The van der Waals surface area contributed by atoms with Gasteiger partial charge in [0.15, 0.2) is 0 Å². The number of esters is 1. The minimum absolute atomic E-state index is 0.0330. The molecule has 11 nitrogen and oxygen atoms in total. The molecule has 12 heteroatoms. The fraction of sp³-hybridized carbons (Fsp3) is 0.722. The third kappa shape index (κ3) is 14.1. The standard InChI is InChI=1S/C36H55FN2O9/c1-36(2,3)48-35(43)38-16-12-27(13-17-38)10-11-33(41)39-15-6-8-29(26-39)32(40)24-30(25-34(42)44-4)28-7-5-9-31(23-28)47-22-21-46-20-19-45-18-14-37/h5,7,9,23,27,29-30H,6,8,10-22,24-26H2,1-4H3/t29-,30+/m1/s1. The lowest BCUT2D eigenvalue weighted by Gasteiger charge is -2.35. The van der Waals surface area contributed by atoms with Crippen LogP contribution in [0.5, 0.6) is 5.75 Å². The Morgan fingerprint density at radius 2 is 1.62 bits per heavy atom. The fourth-order valence-corrected chi connectivity index (χ4v) is 6.14. The summed E-state index contributed by atoms with van der Waals surface area (Å²) in [6.07, 6.45) is 4.25. The molecule has 0 aliphatic carbocycles. The lowest BCUT2D eigenvalue weighted by Crippen LogP contribution is -2.43. The van der Waals surface area contributed by atoms with Crippen LogP contribution in [-0.4, -0.2) is 112 Å². The number of halogens is 1. The van der Waals surface area contributed by atoms with Crippen LogP contribution in [-0.2, 0) is 33.3 Å². The molecule has 2 saturated heterocycles. The van der Waals surface area contributed by atoms with E-state index in [-0.39, 0.29) is 43.2 Å². The third-order valence-electron chi connectivity index (χ3n) is 8.77. The van der Waals surface area contributed by atoms with Gasteiger partial charge in [0, 0.05) is 50.9 Å². The van der Waals surface area contributed by atoms with Gasteiger partial charge in [0.25, 0.3) is 0 Å². The van der Waals surface area contributed by atoms with Crippen molar-refractivity contribution in [1.29, 1.82) is 0 Å². The Morgan fingerprint density at radius 1 is 0.917 bits per heavy atom. The fourth-order valence-electron chi connectivity index (χ4n) is 6.14. The molecule has 2 fully saturated rings. The molecule has 270 valence electrons. The molecule has 0 saturated carbocycles. The number of ether oxygens (including phenoxy) is 5. The summed E-state index contributed by atoms with van der Waals surface area (Å²) in [4.78, 5) is 55.1. The molecule has 2 aliphatic rings. The number of amides is 2. The van der Waals surface area contributed by atoms with Gasteiger partial charge in [-0.2, -0.15) is 0 Å². The minimum Gasteiger partial charge on any atom is -0.491 e. The Balaban J connectivity index is 1.48. The van der Waals surface area contributed by atoms with E-state index in [4.69, 9.17) is 23.7 Å². The number of hydrogen-bond donors (Lipinski definition) is 0. The maximum Gasteiger partial charge on any atom is 0.410 e. The van der Waals surface area contributed by atoms with Crippen molar-refractivity contribution in [3.05, 3.63) is 29.8 Å². The summed E-state index contributed by atoms with van der Waals surface area (Å²) >= 11 is 0. The Bertz CT molecular complexity index is 1170. The number of piperidine rings is 2. The molecule has 2 heterocycles. The number of carbonyl (C=O) groups is 4. The summed E-state index contributed by atoms with van der Waals surface area (Å²) in [5, 5.41) is 0. The molecule has 48 heavy (non-hydrogen) atoms. The van der Waals surface area contributed by atoms with E-state index >= 15 is 0 Å². The number of hydrogen-bond acceptors (Lipinski definition) is 9. The largest absolute Gasteiger partial charge is 0.491 e. The summed E-state index contributed by atoms with van der Waals surface area (Å²) in [5.74, 6) is -0.0219. The average molecular weight is 679 g/mol. The Kier molecular flexibility index (Phi) is 16.6. The van der Waals surface area contributed by atoms with Crippen molar-refractivity contribution >= 4 is 23.8 Å². The van der Waals surface area contributed by atoms with Crippen molar-refractivity contribution in [2.24, 2.45) is 11.8 Å². The van der Waals surface area contributed by atoms with Gasteiger partial charge in [0.05, 0.1) is 40.0 Å². The van der Waals surface area contributed by atoms with Crippen LogP contribution in [0.4, 0.5) is 9.18 Å². The van der Waals surface area contributed by atoms with Crippen molar-refractivity contribution < 1.29 is 47.3 Å². The quantitative estimate of drug-likeness (QED) is 0.150. The predicted molar refractivity (Wildman–Crippen MR) is 178 cm³/mol. The van der Waals surface area contributed by atoms with E-state index in [0.717, 1.165) is 31.2 Å². The van der Waals surface area contributed by atoms with Crippen LogP contribution in [0.15, 0.2) is 24.3 Å². The number of nitrogens with zero attached hydrogens (tertiary/aromatic N) is 2. The lowest BCUT2D eigenvalue weighted by molar-refractivity contribution is -0.141. The third-order valence-corrected chi connectivity index (χ3v) is 8.77. The number of ketones is 1. The molecule has 0 N–H and O–H groups in total. The number of rotatable bonds is 18. The predicted octanol–water partition coefficient (Wildman–Crippen LogP) is 5.34. The van der Waals surface area contributed by atoms with Crippen LogP contribution < -0.4 is 4.74 Å². The van der Waals surface area contributed by atoms with E-state index in [1.807, 2.05) is 43.9 Å². The first-order chi connectivity index (χ1) is 23.0. The molecule has 2 aliphatic heterocycles. The second-order valence-corrected chi connectivity index (χ2v) is 13.6. The van der Waals surface area contributed by atoms with Gasteiger partial charge in [-0.15, -0.1) is 0 Å². The smallest absolute Gasteiger partial charge is 0.410 e. The summed E-state index contributed by atoms with van der Waals surface area (Å²) in [5.41, 5.74) is 0.274. The zero-order valence-electron chi connectivity index (χ0n) is 29.2. The zero-order chi connectivity index (χ0) is 34.9. The number of Topliss-reactive ketones (excluding diaryl/α,β-unsaturated/α-hetero) is 1. The number of methoxy groups -OCH3 is 1. The van der Waals surface area contributed by atoms with Gasteiger partial charge in [-0.05, 0) is 76.5 Å². The zero-order valence-corrected chi connectivity index (χ0v) is 29.2. The topological polar surface area (TPSA) is 121 Å². The highest BCUT2D eigenvalue weighted by molar-refractivity contribution is 5.84. The van der Waals surface area contributed by atoms with E-state index in [1.54, 1.807) is 11.0 Å². The highest BCUT2D eigenvalue weighted by Crippen LogP contribution is 2.31. The van der Waals surface area contributed by atoms with Crippen molar-refractivity contribution in [1.82, 2.24) is 9.80 Å². The Labute approximate surface area is 284 Å². The summed E-state index contributed by atoms with van der Waals surface area (Å²) in [6.45, 7) is 8.67. The van der Waals surface area contributed by atoms with Crippen molar-refractivity contribution in [2.75, 3.05) is 73.0 Å². The second-order valence-electron chi connectivity index (χ2n) is 13.6. The maximum atomic E-state index is 13.6. The second kappa shape index (κ2) is 20.3. The van der Waals surface area contributed by atoms with Gasteiger partial charge in [-0.3, -0.25) is 14.4 Å². The van der Waals surface area contributed by atoms with Crippen molar-refractivity contribution in [3.63, 3.8) is 0 Å².